The van der Waals surface area contributed by atoms with Crippen LogP contribution < -0.4 is 5.32 Å². The van der Waals surface area contributed by atoms with Gasteiger partial charge in [0.05, 0.1) is 20.7 Å². The molecule has 0 bridgehead atoms. The van der Waals surface area contributed by atoms with Gasteiger partial charge in [-0.1, -0.05) is 29.3 Å². The van der Waals surface area contributed by atoms with E-state index in [9.17, 15) is 19.7 Å². The lowest BCUT2D eigenvalue weighted by Crippen LogP contribution is -2.12. The molecule has 0 unspecified atom stereocenters. The number of halogens is 2. The fourth-order valence-corrected chi connectivity index (χ4v) is 3.59. The predicted octanol–water partition coefficient (Wildman–Crippen LogP) is 6.13. The largest absolute Gasteiger partial charge is 0.322 e. The Labute approximate surface area is 186 Å². The number of ketones is 1. The first-order chi connectivity index (χ1) is 14.3. The number of benzene rings is 3. The first kappa shape index (κ1) is 21.8. The number of amides is 1. The summed E-state index contributed by atoms with van der Waals surface area (Å²) in [5.74, 6) is -0.312. The third-order valence-corrected chi connectivity index (χ3v) is 5.79. The van der Waals surface area contributed by atoms with Crippen molar-refractivity contribution in [3.8, 4) is 0 Å². The maximum absolute atomic E-state index is 12.3. The molecular formula is C21H14Cl2N2O4S. The number of carbonyl (C=O) groups is 2. The Hall–Kier alpha value is -2.87. The molecule has 0 aliphatic rings. The van der Waals surface area contributed by atoms with Gasteiger partial charge < -0.3 is 5.32 Å². The Balaban J connectivity index is 1.59. The Morgan fingerprint density at radius 3 is 2.33 bits per heavy atom. The van der Waals surface area contributed by atoms with Crippen molar-refractivity contribution >= 4 is 58.0 Å². The van der Waals surface area contributed by atoms with Crippen molar-refractivity contribution in [1.82, 2.24) is 0 Å². The number of nitro benzene ring substituents is 1. The standard InChI is InChI=1S/C21H14Cl2N2O4S/c22-18-9-4-13(11-19(18)23)20(26)12-30-17-7-5-15(6-8-17)24-21(27)14-2-1-3-16(10-14)25(28)29/h1-11H,12H2,(H,24,27). The van der Waals surface area contributed by atoms with Gasteiger partial charge in [-0.2, -0.15) is 0 Å². The molecule has 1 N–H and O–H groups in total. The van der Waals surface area contributed by atoms with Gasteiger partial charge in [-0.3, -0.25) is 19.7 Å². The van der Waals surface area contributed by atoms with Crippen LogP contribution in [0.1, 0.15) is 20.7 Å². The Kier molecular flexibility index (Phi) is 7.10. The zero-order valence-electron chi connectivity index (χ0n) is 15.3. The van der Waals surface area contributed by atoms with Gasteiger partial charge in [0.15, 0.2) is 5.78 Å². The number of rotatable bonds is 7. The van der Waals surface area contributed by atoms with E-state index in [0.29, 0.717) is 21.3 Å². The van der Waals surface area contributed by atoms with Gasteiger partial charge in [0, 0.05) is 33.8 Å². The van der Waals surface area contributed by atoms with Gasteiger partial charge in [0.1, 0.15) is 0 Å². The first-order valence-corrected chi connectivity index (χ1v) is 10.3. The van der Waals surface area contributed by atoms with Crippen LogP contribution in [0.3, 0.4) is 0 Å². The summed E-state index contributed by atoms with van der Waals surface area (Å²) in [6.07, 6.45) is 0. The molecule has 0 aliphatic carbocycles. The lowest BCUT2D eigenvalue weighted by molar-refractivity contribution is -0.384. The minimum Gasteiger partial charge on any atom is -0.322 e. The van der Waals surface area contributed by atoms with E-state index < -0.39 is 10.8 Å². The molecule has 1 amide bonds. The van der Waals surface area contributed by atoms with Crippen LogP contribution >= 0.6 is 35.0 Å². The van der Waals surface area contributed by atoms with E-state index in [-0.39, 0.29) is 22.8 Å². The molecule has 0 saturated carbocycles. The Bertz CT molecular complexity index is 1120. The summed E-state index contributed by atoms with van der Waals surface area (Å²) in [5.41, 5.74) is 1.06. The third-order valence-electron chi connectivity index (χ3n) is 4.04. The molecule has 0 fully saturated rings. The molecule has 0 radical (unpaired) electrons. The fourth-order valence-electron chi connectivity index (χ4n) is 2.50. The number of non-ortho nitro benzene ring substituents is 1. The number of Topliss-reactive ketones (excluding diaryl/α,β-unsaturated/α-hetero) is 1. The monoisotopic (exact) mass is 460 g/mol. The van der Waals surface area contributed by atoms with E-state index in [1.807, 2.05) is 0 Å². The third kappa shape index (κ3) is 5.60. The normalized spacial score (nSPS) is 10.5. The van der Waals surface area contributed by atoms with E-state index in [2.05, 4.69) is 5.32 Å². The van der Waals surface area contributed by atoms with Crippen molar-refractivity contribution in [1.29, 1.82) is 0 Å². The summed E-state index contributed by atoms with van der Waals surface area (Å²) in [6, 6.07) is 17.2. The van der Waals surface area contributed by atoms with Crippen molar-refractivity contribution in [2.45, 2.75) is 4.90 Å². The highest BCUT2D eigenvalue weighted by Gasteiger charge is 2.12. The Morgan fingerprint density at radius 2 is 1.67 bits per heavy atom. The maximum Gasteiger partial charge on any atom is 0.270 e. The smallest absolute Gasteiger partial charge is 0.270 e. The molecule has 3 aromatic rings. The minimum absolute atomic E-state index is 0.0818. The molecule has 3 aromatic carbocycles. The van der Waals surface area contributed by atoms with Crippen molar-refractivity contribution < 1.29 is 14.5 Å². The molecule has 0 spiro atoms. The number of hydrogen-bond acceptors (Lipinski definition) is 5. The van der Waals surface area contributed by atoms with Crippen molar-refractivity contribution in [2.24, 2.45) is 0 Å². The molecule has 9 heteroatoms. The summed E-state index contributed by atoms with van der Waals surface area (Å²) in [6.45, 7) is 0. The lowest BCUT2D eigenvalue weighted by atomic mass is 10.1. The summed E-state index contributed by atoms with van der Waals surface area (Å²) in [5, 5.41) is 14.2. The van der Waals surface area contributed by atoms with Gasteiger partial charge in [0.25, 0.3) is 11.6 Å². The molecule has 3 rings (SSSR count). The Morgan fingerprint density at radius 1 is 0.933 bits per heavy atom. The zero-order chi connectivity index (χ0) is 21.7. The maximum atomic E-state index is 12.3. The van der Waals surface area contributed by atoms with Crippen LogP contribution in [0, 0.1) is 10.1 Å². The summed E-state index contributed by atoms with van der Waals surface area (Å²) in [4.78, 5) is 35.7. The quantitative estimate of drug-likeness (QED) is 0.198. The highest BCUT2D eigenvalue weighted by molar-refractivity contribution is 8.00. The number of thioether (sulfide) groups is 1. The van der Waals surface area contributed by atoms with E-state index in [1.54, 1.807) is 42.5 Å². The molecular weight excluding hydrogens is 447 g/mol. The average molecular weight is 461 g/mol. The van der Waals surface area contributed by atoms with Crippen LogP contribution in [0.25, 0.3) is 0 Å². The number of nitro groups is 1. The number of anilines is 1. The average Bonchev–Trinajstić information content (AvgIpc) is 2.75. The molecule has 0 aliphatic heterocycles. The van der Waals surface area contributed by atoms with Crippen molar-refractivity contribution in [3.05, 3.63) is 98.0 Å². The molecule has 0 saturated heterocycles. The highest BCUT2D eigenvalue weighted by Crippen LogP contribution is 2.25. The highest BCUT2D eigenvalue weighted by atomic mass is 35.5. The molecule has 0 atom stereocenters. The van der Waals surface area contributed by atoms with Crippen LogP contribution in [0.2, 0.25) is 10.0 Å². The number of carbonyl (C=O) groups excluding carboxylic acids is 2. The number of nitrogens with one attached hydrogen (secondary N) is 1. The van der Waals surface area contributed by atoms with Crippen LogP contribution in [-0.4, -0.2) is 22.4 Å². The van der Waals surface area contributed by atoms with Gasteiger partial charge in [-0.25, -0.2) is 0 Å². The van der Waals surface area contributed by atoms with Gasteiger partial charge in [-0.05, 0) is 48.5 Å². The lowest BCUT2D eigenvalue weighted by Gasteiger charge is -2.07. The van der Waals surface area contributed by atoms with Crippen LogP contribution in [0.5, 0.6) is 0 Å². The van der Waals surface area contributed by atoms with Crippen LogP contribution in [0.15, 0.2) is 71.6 Å². The summed E-state index contributed by atoms with van der Waals surface area (Å²) >= 11 is 13.2. The molecule has 0 heterocycles. The van der Waals surface area contributed by atoms with Crippen molar-refractivity contribution in [3.63, 3.8) is 0 Å². The predicted molar refractivity (Wildman–Crippen MR) is 119 cm³/mol. The van der Waals surface area contributed by atoms with Gasteiger partial charge in [0.2, 0.25) is 0 Å². The zero-order valence-corrected chi connectivity index (χ0v) is 17.6. The molecule has 152 valence electrons. The van der Waals surface area contributed by atoms with Crippen molar-refractivity contribution in [2.75, 3.05) is 11.1 Å². The topological polar surface area (TPSA) is 89.3 Å². The van der Waals surface area contributed by atoms with Gasteiger partial charge in [-0.15, -0.1) is 11.8 Å². The fraction of sp³-hybridized carbons (Fsp3) is 0.0476. The molecule has 0 aromatic heterocycles. The van der Waals surface area contributed by atoms with Crippen LogP contribution in [-0.2, 0) is 0 Å². The van der Waals surface area contributed by atoms with E-state index in [1.165, 1.54) is 36.0 Å². The van der Waals surface area contributed by atoms with E-state index >= 15 is 0 Å². The second-order valence-electron chi connectivity index (χ2n) is 6.13. The number of hydrogen-bond donors (Lipinski definition) is 1. The van der Waals surface area contributed by atoms with E-state index in [4.69, 9.17) is 23.2 Å². The first-order valence-electron chi connectivity index (χ1n) is 8.60. The summed E-state index contributed by atoms with van der Waals surface area (Å²) < 4.78 is 0. The van der Waals surface area contributed by atoms with Gasteiger partial charge >= 0.3 is 0 Å². The second kappa shape index (κ2) is 9.75. The van der Waals surface area contributed by atoms with Crippen LogP contribution in [0.4, 0.5) is 11.4 Å². The molecule has 30 heavy (non-hydrogen) atoms. The van der Waals surface area contributed by atoms with E-state index in [0.717, 1.165) is 4.90 Å². The minimum atomic E-state index is -0.553. The summed E-state index contributed by atoms with van der Waals surface area (Å²) in [7, 11) is 0. The number of nitrogens with zero attached hydrogens (tertiary/aromatic N) is 1. The molecule has 6 nitrogen and oxygen atoms in total. The second-order valence-corrected chi connectivity index (χ2v) is 7.99. The SMILES string of the molecule is O=C(CSc1ccc(NC(=O)c2cccc([N+](=O)[O-])c2)cc1)c1ccc(Cl)c(Cl)c1.